The van der Waals surface area contributed by atoms with Crippen LogP contribution in [0.25, 0.3) is 0 Å². The monoisotopic (exact) mass is 446 g/mol. The third kappa shape index (κ3) is 7.21. The summed E-state index contributed by atoms with van der Waals surface area (Å²) in [5.41, 5.74) is 1.60. The summed E-state index contributed by atoms with van der Waals surface area (Å²) in [6, 6.07) is 11.0. The minimum atomic E-state index is -1.88. The Hall–Kier alpha value is -2.26. The highest BCUT2D eigenvalue weighted by Gasteiger charge is 2.25. The Labute approximate surface area is 182 Å². The van der Waals surface area contributed by atoms with Gasteiger partial charge in [-0.3, -0.25) is 4.79 Å². The maximum absolute atomic E-state index is 12.8. The molecule has 0 aliphatic carbocycles. The SMILES string of the molecule is COc1ccc(C(=O)CCc2c(O[Si](C)(C)C)cc(OC)cc2O[Si](C)(C)C)cc1. The van der Waals surface area contributed by atoms with Gasteiger partial charge in [0.1, 0.15) is 23.0 Å². The lowest BCUT2D eigenvalue weighted by Crippen LogP contribution is -2.31. The van der Waals surface area contributed by atoms with E-state index in [1.54, 1.807) is 38.5 Å². The first-order valence-corrected chi connectivity index (χ1v) is 17.0. The van der Waals surface area contributed by atoms with Crippen LogP contribution in [0.4, 0.5) is 0 Å². The van der Waals surface area contributed by atoms with E-state index in [9.17, 15) is 4.79 Å². The van der Waals surface area contributed by atoms with Gasteiger partial charge in [-0.05, 0) is 70.0 Å². The second-order valence-electron chi connectivity index (χ2n) is 9.18. The molecular formula is C23H34O5Si2. The summed E-state index contributed by atoms with van der Waals surface area (Å²) in [4.78, 5) is 12.8. The normalized spacial score (nSPS) is 11.7. The fourth-order valence-corrected chi connectivity index (χ4v) is 4.65. The molecule has 0 N–H and O–H groups in total. The van der Waals surface area contributed by atoms with Crippen molar-refractivity contribution < 1.29 is 23.1 Å². The van der Waals surface area contributed by atoms with E-state index in [0.29, 0.717) is 24.2 Å². The summed E-state index contributed by atoms with van der Waals surface area (Å²) in [6.45, 7) is 12.8. The number of benzene rings is 2. The van der Waals surface area contributed by atoms with Gasteiger partial charge in [0.25, 0.3) is 0 Å². The molecule has 0 aliphatic rings. The zero-order chi connectivity index (χ0) is 22.5. The number of rotatable bonds is 10. The van der Waals surface area contributed by atoms with Crippen LogP contribution < -0.4 is 18.3 Å². The smallest absolute Gasteiger partial charge is 0.242 e. The number of hydrogen-bond donors (Lipinski definition) is 0. The van der Waals surface area contributed by atoms with Crippen molar-refractivity contribution >= 4 is 22.4 Å². The number of carbonyl (C=O) groups excluding carboxylic acids is 1. The summed E-state index contributed by atoms with van der Waals surface area (Å²) in [6.07, 6.45) is 0.900. The van der Waals surface area contributed by atoms with E-state index in [0.717, 1.165) is 22.8 Å². The number of ketones is 1. The van der Waals surface area contributed by atoms with E-state index in [4.69, 9.17) is 18.3 Å². The van der Waals surface area contributed by atoms with Gasteiger partial charge < -0.3 is 18.3 Å². The molecule has 7 heteroatoms. The average molecular weight is 447 g/mol. The fraction of sp³-hybridized carbons (Fsp3) is 0.435. The quantitative estimate of drug-likeness (QED) is 0.333. The summed E-state index contributed by atoms with van der Waals surface area (Å²) >= 11 is 0. The first-order chi connectivity index (χ1) is 13.9. The van der Waals surface area contributed by atoms with Gasteiger partial charge in [0.2, 0.25) is 16.6 Å². The van der Waals surface area contributed by atoms with Gasteiger partial charge in [0, 0.05) is 29.7 Å². The Balaban J connectivity index is 2.37. The second kappa shape index (κ2) is 9.70. The van der Waals surface area contributed by atoms with Crippen LogP contribution in [-0.2, 0) is 6.42 Å². The lowest BCUT2D eigenvalue weighted by Gasteiger charge is -2.27. The minimum Gasteiger partial charge on any atom is -0.544 e. The van der Waals surface area contributed by atoms with E-state index < -0.39 is 16.6 Å². The van der Waals surface area contributed by atoms with E-state index >= 15 is 0 Å². The topological polar surface area (TPSA) is 54.0 Å². The predicted octanol–water partition coefficient (Wildman–Crippen LogP) is 5.95. The molecular weight excluding hydrogens is 412 g/mol. The van der Waals surface area contributed by atoms with Crippen LogP contribution in [0.15, 0.2) is 36.4 Å². The maximum Gasteiger partial charge on any atom is 0.242 e. The van der Waals surface area contributed by atoms with Crippen LogP contribution in [-0.4, -0.2) is 36.6 Å². The largest absolute Gasteiger partial charge is 0.544 e. The molecule has 0 bridgehead atoms. The number of Topliss-reactive ketones (excluding diaryl/α,β-unsaturated/α-hetero) is 1. The van der Waals surface area contributed by atoms with Crippen molar-refractivity contribution in [1.82, 2.24) is 0 Å². The van der Waals surface area contributed by atoms with Crippen molar-refractivity contribution in [2.24, 2.45) is 0 Å². The highest BCUT2D eigenvalue weighted by atomic mass is 28.4. The first kappa shape index (κ1) is 24.0. The Bertz CT molecular complexity index is 828. The molecule has 0 amide bonds. The van der Waals surface area contributed by atoms with Crippen molar-refractivity contribution in [3.63, 3.8) is 0 Å². The Morgan fingerprint density at radius 3 is 1.63 bits per heavy atom. The molecule has 2 aromatic rings. The lowest BCUT2D eigenvalue weighted by molar-refractivity contribution is 0.0982. The fourth-order valence-electron chi connectivity index (χ4n) is 2.96. The zero-order valence-corrected chi connectivity index (χ0v) is 21.4. The van der Waals surface area contributed by atoms with Gasteiger partial charge in [-0.2, -0.15) is 0 Å². The first-order valence-electron chi connectivity index (χ1n) is 10.2. The average Bonchev–Trinajstić information content (AvgIpc) is 2.64. The van der Waals surface area contributed by atoms with Gasteiger partial charge in [-0.1, -0.05) is 0 Å². The van der Waals surface area contributed by atoms with Crippen LogP contribution in [0.1, 0.15) is 22.3 Å². The van der Waals surface area contributed by atoms with Gasteiger partial charge in [-0.15, -0.1) is 0 Å². The summed E-state index contributed by atoms with van der Waals surface area (Å²) < 4.78 is 23.4. The Kier molecular flexibility index (Phi) is 7.77. The van der Waals surface area contributed by atoms with Crippen molar-refractivity contribution in [1.29, 1.82) is 0 Å². The molecule has 0 heterocycles. The van der Waals surface area contributed by atoms with Crippen molar-refractivity contribution in [2.45, 2.75) is 52.1 Å². The van der Waals surface area contributed by atoms with Crippen LogP contribution >= 0.6 is 0 Å². The Morgan fingerprint density at radius 1 is 0.767 bits per heavy atom. The second-order valence-corrected chi connectivity index (χ2v) is 18.0. The van der Waals surface area contributed by atoms with E-state index in [1.807, 2.05) is 12.1 Å². The molecule has 0 saturated heterocycles. The van der Waals surface area contributed by atoms with E-state index in [1.165, 1.54) is 0 Å². The van der Waals surface area contributed by atoms with Gasteiger partial charge in [0.05, 0.1) is 14.2 Å². The number of hydrogen-bond acceptors (Lipinski definition) is 5. The molecule has 0 atom stereocenters. The summed E-state index contributed by atoms with van der Waals surface area (Å²) in [5, 5.41) is 0. The molecule has 0 saturated carbocycles. The molecule has 0 unspecified atom stereocenters. The molecule has 0 fully saturated rings. The van der Waals surface area contributed by atoms with E-state index in [-0.39, 0.29) is 5.78 Å². The molecule has 0 radical (unpaired) electrons. The number of methoxy groups -OCH3 is 2. The molecule has 0 aliphatic heterocycles. The van der Waals surface area contributed by atoms with Crippen LogP contribution in [0.3, 0.4) is 0 Å². The molecule has 2 aromatic carbocycles. The molecule has 30 heavy (non-hydrogen) atoms. The molecule has 164 valence electrons. The molecule has 5 nitrogen and oxygen atoms in total. The van der Waals surface area contributed by atoms with Crippen molar-refractivity contribution in [2.75, 3.05) is 14.2 Å². The maximum atomic E-state index is 12.8. The molecule has 0 aromatic heterocycles. The minimum absolute atomic E-state index is 0.0754. The third-order valence-electron chi connectivity index (χ3n) is 4.22. The molecule has 2 rings (SSSR count). The summed E-state index contributed by atoms with van der Waals surface area (Å²) in [5.74, 6) is 3.01. The Morgan fingerprint density at radius 2 is 1.23 bits per heavy atom. The van der Waals surface area contributed by atoms with E-state index in [2.05, 4.69) is 39.3 Å². The highest BCUT2D eigenvalue weighted by Crippen LogP contribution is 2.38. The summed E-state index contributed by atoms with van der Waals surface area (Å²) in [7, 11) is -0.503. The van der Waals surface area contributed by atoms with Crippen molar-refractivity contribution in [3.8, 4) is 23.0 Å². The van der Waals surface area contributed by atoms with Gasteiger partial charge in [0.15, 0.2) is 5.78 Å². The number of carbonyl (C=O) groups is 1. The van der Waals surface area contributed by atoms with Crippen LogP contribution in [0.2, 0.25) is 39.3 Å². The standard InChI is InChI=1S/C23H34O5Si2/c1-25-18-11-9-17(10-12-18)21(24)14-13-20-22(27-29(3,4)5)15-19(26-2)16-23(20)28-30(6,7)8/h9-12,15-16H,13-14H2,1-8H3. The third-order valence-corrected chi connectivity index (χ3v) is 5.89. The van der Waals surface area contributed by atoms with Gasteiger partial charge in [-0.25, -0.2) is 0 Å². The zero-order valence-electron chi connectivity index (χ0n) is 19.4. The predicted molar refractivity (Wildman–Crippen MR) is 127 cm³/mol. The number of ether oxygens (including phenoxy) is 2. The highest BCUT2D eigenvalue weighted by molar-refractivity contribution is 6.71. The van der Waals surface area contributed by atoms with Gasteiger partial charge >= 0.3 is 0 Å². The molecule has 0 spiro atoms. The van der Waals surface area contributed by atoms with Crippen LogP contribution in [0.5, 0.6) is 23.0 Å². The van der Waals surface area contributed by atoms with Crippen molar-refractivity contribution in [3.05, 3.63) is 47.5 Å². The van der Waals surface area contributed by atoms with Crippen LogP contribution in [0, 0.1) is 0 Å². The lowest BCUT2D eigenvalue weighted by atomic mass is 10.0.